The van der Waals surface area contributed by atoms with Crippen LogP contribution in [-0.2, 0) is 33.2 Å². The fourth-order valence-electron chi connectivity index (χ4n) is 6.52. The molecule has 0 aromatic carbocycles. The Morgan fingerprint density at radius 2 is 1.09 bits per heavy atom. The molecule has 11 atom stereocenters. The number of ether oxygens (including phenoxy) is 6. The van der Waals surface area contributed by atoms with Crippen LogP contribution >= 0.6 is 0 Å². The van der Waals surface area contributed by atoms with Crippen LogP contribution in [0, 0.1) is 0 Å². The summed E-state index contributed by atoms with van der Waals surface area (Å²) in [4.78, 5) is 12.6. The fourth-order valence-corrected chi connectivity index (χ4v) is 6.52. The predicted molar refractivity (Wildman–Crippen MR) is 215 cm³/mol. The number of esters is 1. The van der Waals surface area contributed by atoms with Gasteiger partial charge in [0.1, 0.15) is 54.9 Å². The Morgan fingerprint density at radius 1 is 0.579 bits per heavy atom. The van der Waals surface area contributed by atoms with Crippen molar-refractivity contribution in [2.75, 3.05) is 33.0 Å². The molecule has 14 heteroatoms. The van der Waals surface area contributed by atoms with Crippen molar-refractivity contribution in [2.45, 2.75) is 197 Å². The van der Waals surface area contributed by atoms with Crippen LogP contribution in [0.4, 0.5) is 0 Å². The molecule has 0 radical (unpaired) electrons. The number of hydrogen-bond acceptors (Lipinski definition) is 14. The van der Waals surface area contributed by atoms with Gasteiger partial charge in [-0.05, 0) is 51.4 Å². The van der Waals surface area contributed by atoms with Gasteiger partial charge in [-0.1, -0.05) is 108 Å². The van der Waals surface area contributed by atoms with Gasteiger partial charge in [0, 0.05) is 13.0 Å². The molecular weight excluding hydrogens is 740 g/mol. The first-order valence-electron chi connectivity index (χ1n) is 21.6. The zero-order valence-electron chi connectivity index (χ0n) is 34.6. The third kappa shape index (κ3) is 21.3. The molecule has 0 saturated carbocycles. The zero-order chi connectivity index (χ0) is 41.7. The number of rotatable bonds is 32. The Balaban J connectivity index is 1.69. The molecule has 2 aliphatic heterocycles. The summed E-state index contributed by atoms with van der Waals surface area (Å²) in [7, 11) is 0. The summed E-state index contributed by atoms with van der Waals surface area (Å²) < 4.78 is 33.8. The van der Waals surface area contributed by atoms with Crippen molar-refractivity contribution in [3.8, 4) is 0 Å². The molecule has 14 nitrogen and oxygen atoms in total. The van der Waals surface area contributed by atoms with Crippen molar-refractivity contribution in [2.24, 2.45) is 0 Å². The van der Waals surface area contributed by atoms with Crippen molar-refractivity contribution >= 4 is 5.97 Å². The van der Waals surface area contributed by atoms with E-state index >= 15 is 0 Å². The molecule has 11 unspecified atom stereocenters. The van der Waals surface area contributed by atoms with Gasteiger partial charge in [0.05, 0.1) is 26.4 Å². The third-order valence-corrected chi connectivity index (χ3v) is 10.2. The molecule has 0 aliphatic carbocycles. The van der Waals surface area contributed by atoms with E-state index in [9.17, 15) is 40.5 Å². The number of unbranched alkanes of at least 4 members (excludes halogenated alkanes) is 12. The van der Waals surface area contributed by atoms with E-state index in [0.29, 0.717) is 13.0 Å². The largest absolute Gasteiger partial charge is 0.457 e. The normalized spacial score (nSPS) is 28.9. The second-order valence-electron chi connectivity index (χ2n) is 15.2. The van der Waals surface area contributed by atoms with Crippen molar-refractivity contribution in [3.63, 3.8) is 0 Å². The van der Waals surface area contributed by atoms with Crippen LogP contribution in [0.2, 0.25) is 0 Å². The first-order chi connectivity index (χ1) is 27.6. The molecule has 0 aromatic rings. The lowest BCUT2D eigenvalue weighted by Gasteiger charge is -2.42. The predicted octanol–water partition coefficient (Wildman–Crippen LogP) is 4.29. The molecule has 7 N–H and O–H groups in total. The van der Waals surface area contributed by atoms with Crippen LogP contribution in [0.3, 0.4) is 0 Å². The number of aliphatic hydroxyl groups excluding tert-OH is 7. The van der Waals surface area contributed by atoms with Gasteiger partial charge in [-0.3, -0.25) is 4.79 Å². The highest BCUT2D eigenvalue weighted by atomic mass is 16.7. The van der Waals surface area contributed by atoms with Crippen molar-refractivity contribution in [1.29, 1.82) is 0 Å². The molecular formula is C43H76O14. The number of allylic oxidation sites excluding steroid dienone is 6. The standard InChI is InChI=1S/C43H76O14/c1-3-5-7-8-9-10-11-12-13-14-15-16-17-18-19-20-21-22-23-25-27-52-29-32(55-35(45)26-24-6-4-2)30-53-42-41(51)39(49)37(47)34(57-42)31-54-43-40(50)38(48)36(46)33(28-44)56-43/h9-10,12-13,15-16,32-34,36-44,46-51H,3-8,11,14,17-31H2,1-2H3/b10-9-,13-12-,16-15-. The van der Waals surface area contributed by atoms with E-state index in [-0.39, 0.29) is 19.6 Å². The van der Waals surface area contributed by atoms with Crippen molar-refractivity contribution < 1.29 is 69.0 Å². The first kappa shape index (κ1) is 51.4. The fraction of sp³-hybridized carbons (Fsp3) is 0.837. The maximum atomic E-state index is 12.6. The SMILES string of the molecule is CCCCC/C=C\C/C=C\C/C=C\CCCCCCCCCOCC(COC1OC(COC2OC(CO)C(O)C(O)C2O)C(O)C(O)C1O)OC(=O)CCCCC. The molecule has 2 aliphatic rings. The van der Waals surface area contributed by atoms with Crippen LogP contribution in [0.1, 0.15) is 129 Å². The number of hydrogen-bond donors (Lipinski definition) is 7. The average Bonchev–Trinajstić information content (AvgIpc) is 3.20. The smallest absolute Gasteiger partial charge is 0.306 e. The van der Waals surface area contributed by atoms with E-state index in [0.717, 1.165) is 51.4 Å². The highest BCUT2D eigenvalue weighted by Crippen LogP contribution is 2.26. The number of carbonyl (C=O) groups excluding carboxylic acids is 1. The molecule has 0 amide bonds. The lowest BCUT2D eigenvalue weighted by molar-refractivity contribution is -0.332. The molecule has 0 bridgehead atoms. The summed E-state index contributed by atoms with van der Waals surface area (Å²) in [5, 5.41) is 71.4. The Hall–Kier alpha value is -1.79. The Labute approximate surface area is 340 Å². The van der Waals surface area contributed by atoms with Gasteiger partial charge in [-0.2, -0.15) is 0 Å². The Bertz CT molecular complexity index is 1090. The van der Waals surface area contributed by atoms with Gasteiger partial charge < -0.3 is 64.2 Å². The summed E-state index contributed by atoms with van der Waals surface area (Å²) in [5.41, 5.74) is 0. The van der Waals surface area contributed by atoms with Crippen LogP contribution in [0.5, 0.6) is 0 Å². The molecule has 2 fully saturated rings. The summed E-state index contributed by atoms with van der Waals surface area (Å²) in [6, 6.07) is 0. The topological polar surface area (TPSA) is 214 Å². The van der Waals surface area contributed by atoms with Gasteiger partial charge in [0.15, 0.2) is 12.6 Å². The van der Waals surface area contributed by atoms with Crippen LogP contribution in [-0.4, -0.2) is 142 Å². The third-order valence-electron chi connectivity index (χ3n) is 10.2. The van der Waals surface area contributed by atoms with Crippen LogP contribution in [0.25, 0.3) is 0 Å². The quantitative estimate of drug-likeness (QED) is 0.0287. The lowest BCUT2D eigenvalue weighted by Crippen LogP contribution is -2.61. The second-order valence-corrected chi connectivity index (χ2v) is 15.2. The molecule has 332 valence electrons. The maximum Gasteiger partial charge on any atom is 0.306 e. The van der Waals surface area contributed by atoms with E-state index in [1.54, 1.807) is 0 Å². The van der Waals surface area contributed by atoms with Crippen LogP contribution < -0.4 is 0 Å². The van der Waals surface area contributed by atoms with Crippen molar-refractivity contribution in [1.82, 2.24) is 0 Å². The van der Waals surface area contributed by atoms with E-state index in [1.807, 2.05) is 6.92 Å². The summed E-state index contributed by atoms with van der Waals surface area (Å²) in [5.74, 6) is -0.407. The second kappa shape index (κ2) is 32.0. The highest BCUT2D eigenvalue weighted by Gasteiger charge is 2.47. The van der Waals surface area contributed by atoms with Gasteiger partial charge in [-0.25, -0.2) is 0 Å². The maximum absolute atomic E-state index is 12.6. The number of aliphatic hydroxyl groups is 7. The lowest BCUT2D eigenvalue weighted by atomic mass is 9.98. The highest BCUT2D eigenvalue weighted by molar-refractivity contribution is 5.69. The minimum atomic E-state index is -1.70. The molecule has 0 aromatic heterocycles. The van der Waals surface area contributed by atoms with E-state index in [2.05, 4.69) is 43.4 Å². The van der Waals surface area contributed by atoms with Gasteiger partial charge in [0.25, 0.3) is 0 Å². The van der Waals surface area contributed by atoms with E-state index in [4.69, 9.17) is 28.4 Å². The van der Waals surface area contributed by atoms with E-state index < -0.39 is 86.7 Å². The van der Waals surface area contributed by atoms with Crippen LogP contribution in [0.15, 0.2) is 36.5 Å². The number of carbonyl (C=O) groups is 1. The van der Waals surface area contributed by atoms with Gasteiger partial charge in [-0.15, -0.1) is 0 Å². The van der Waals surface area contributed by atoms with Gasteiger partial charge in [0.2, 0.25) is 0 Å². The van der Waals surface area contributed by atoms with E-state index in [1.165, 1.54) is 51.4 Å². The first-order valence-corrected chi connectivity index (χ1v) is 21.6. The molecule has 2 rings (SSSR count). The average molecular weight is 817 g/mol. The molecule has 2 heterocycles. The van der Waals surface area contributed by atoms with Crippen molar-refractivity contribution in [3.05, 3.63) is 36.5 Å². The molecule has 2 saturated heterocycles. The summed E-state index contributed by atoms with van der Waals surface area (Å²) in [6.45, 7) is 3.42. The monoisotopic (exact) mass is 817 g/mol. The zero-order valence-corrected chi connectivity index (χ0v) is 34.6. The molecule has 0 spiro atoms. The summed E-state index contributed by atoms with van der Waals surface area (Å²) >= 11 is 0. The Morgan fingerprint density at radius 3 is 1.70 bits per heavy atom. The molecule has 57 heavy (non-hydrogen) atoms. The summed E-state index contributed by atoms with van der Waals surface area (Å²) in [6.07, 6.45) is 16.0. The van der Waals surface area contributed by atoms with Gasteiger partial charge >= 0.3 is 5.97 Å². The minimum absolute atomic E-state index is 0.0522. The Kier molecular flexibility index (Phi) is 28.9. The minimum Gasteiger partial charge on any atom is -0.457 e.